The van der Waals surface area contributed by atoms with Crippen molar-refractivity contribution < 1.29 is 9.72 Å². The van der Waals surface area contributed by atoms with Crippen LogP contribution in [0.1, 0.15) is 18.9 Å². The number of nitro groups is 1. The van der Waals surface area contributed by atoms with E-state index in [9.17, 15) is 14.9 Å². The van der Waals surface area contributed by atoms with Gasteiger partial charge in [-0.05, 0) is 18.4 Å². The average molecular weight is 261 g/mol. The van der Waals surface area contributed by atoms with Gasteiger partial charge in [-0.1, -0.05) is 19.1 Å². The highest BCUT2D eigenvalue weighted by atomic mass is 16.6. The Morgan fingerprint density at radius 1 is 1.47 bits per heavy atom. The van der Waals surface area contributed by atoms with E-state index in [1.54, 1.807) is 19.1 Å². The van der Waals surface area contributed by atoms with E-state index in [2.05, 4.69) is 5.32 Å². The fraction of sp³-hybridized carbons (Fsp3) is 0.385. The van der Waals surface area contributed by atoms with Crippen molar-refractivity contribution in [2.75, 3.05) is 6.54 Å². The fourth-order valence-corrected chi connectivity index (χ4v) is 1.57. The predicted octanol–water partition coefficient (Wildman–Crippen LogP) is 1.80. The molecule has 1 aromatic carbocycles. The largest absolute Gasteiger partial charge is 0.355 e. The van der Waals surface area contributed by atoms with Crippen LogP contribution in [-0.2, 0) is 11.2 Å². The molecule has 0 saturated carbocycles. The highest BCUT2D eigenvalue weighted by Crippen LogP contribution is 2.12. The molecule has 19 heavy (non-hydrogen) atoms. The summed E-state index contributed by atoms with van der Waals surface area (Å²) in [4.78, 5) is 21.5. The number of carbonyl (C=O) groups excluding carboxylic acids is 1. The summed E-state index contributed by atoms with van der Waals surface area (Å²) in [6.45, 7) is 2.19. The zero-order valence-electron chi connectivity index (χ0n) is 10.6. The Bertz CT molecular complexity index is 491. The van der Waals surface area contributed by atoms with Crippen LogP contribution in [0.15, 0.2) is 24.3 Å². The molecule has 0 aliphatic carbocycles. The number of nitro benzene ring substituents is 1. The molecule has 1 atom stereocenters. The van der Waals surface area contributed by atoms with Gasteiger partial charge >= 0.3 is 0 Å². The summed E-state index contributed by atoms with van der Waals surface area (Å²) in [7, 11) is 0. The van der Waals surface area contributed by atoms with Crippen LogP contribution >= 0.6 is 0 Å². The van der Waals surface area contributed by atoms with E-state index in [1.165, 1.54) is 12.1 Å². The van der Waals surface area contributed by atoms with Crippen molar-refractivity contribution in [1.29, 1.82) is 5.26 Å². The first-order valence-corrected chi connectivity index (χ1v) is 5.99. The second-order valence-electron chi connectivity index (χ2n) is 4.05. The maximum Gasteiger partial charge on any atom is 0.269 e. The Morgan fingerprint density at radius 3 is 2.58 bits per heavy atom. The van der Waals surface area contributed by atoms with Gasteiger partial charge in [0.15, 0.2) is 0 Å². The van der Waals surface area contributed by atoms with Crippen LogP contribution in [-0.4, -0.2) is 17.4 Å². The first-order valence-electron chi connectivity index (χ1n) is 5.99. The van der Waals surface area contributed by atoms with E-state index in [0.717, 1.165) is 5.56 Å². The molecule has 6 heteroatoms. The SMILES string of the molecule is CCC(C#N)C(=O)NCCc1ccc([N+](=O)[O-])cc1. The number of nitrogens with zero attached hydrogens (tertiary/aromatic N) is 2. The van der Waals surface area contributed by atoms with Crippen molar-refractivity contribution in [3.8, 4) is 6.07 Å². The van der Waals surface area contributed by atoms with Crippen LogP contribution < -0.4 is 5.32 Å². The third-order valence-electron chi connectivity index (χ3n) is 2.74. The van der Waals surface area contributed by atoms with Crippen LogP contribution in [0.4, 0.5) is 5.69 Å². The number of non-ortho nitro benzene ring substituents is 1. The van der Waals surface area contributed by atoms with Gasteiger partial charge in [0.05, 0.1) is 11.0 Å². The number of amides is 1. The van der Waals surface area contributed by atoms with Crippen molar-refractivity contribution >= 4 is 11.6 Å². The lowest BCUT2D eigenvalue weighted by Gasteiger charge is -2.08. The van der Waals surface area contributed by atoms with E-state index in [4.69, 9.17) is 5.26 Å². The molecule has 1 N–H and O–H groups in total. The lowest BCUT2D eigenvalue weighted by Crippen LogP contribution is -2.31. The molecule has 1 amide bonds. The van der Waals surface area contributed by atoms with Crippen LogP contribution in [0.25, 0.3) is 0 Å². The first kappa shape index (κ1) is 14.6. The summed E-state index contributed by atoms with van der Waals surface area (Å²) < 4.78 is 0. The molecule has 1 aromatic rings. The third kappa shape index (κ3) is 4.39. The quantitative estimate of drug-likeness (QED) is 0.623. The van der Waals surface area contributed by atoms with Crippen molar-refractivity contribution in [2.24, 2.45) is 5.92 Å². The molecule has 0 aliphatic heterocycles. The molecule has 0 radical (unpaired) electrons. The Balaban J connectivity index is 2.43. The Hall–Kier alpha value is -2.42. The highest BCUT2D eigenvalue weighted by molar-refractivity contribution is 5.80. The van der Waals surface area contributed by atoms with Gasteiger partial charge in [0.25, 0.3) is 5.69 Å². The van der Waals surface area contributed by atoms with E-state index in [1.807, 2.05) is 6.07 Å². The van der Waals surface area contributed by atoms with Gasteiger partial charge in [0, 0.05) is 18.7 Å². The van der Waals surface area contributed by atoms with Crippen molar-refractivity contribution in [3.05, 3.63) is 39.9 Å². The maximum absolute atomic E-state index is 11.5. The monoisotopic (exact) mass is 261 g/mol. The molecule has 0 spiro atoms. The van der Waals surface area contributed by atoms with Crippen LogP contribution in [0.2, 0.25) is 0 Å². The Morgan fingerprint density at radius 2 is 2.11 bits per heavy atom. The number of hydrogen-bond acceptors (Lipinski definition) is 4. The number of carbonyl (C=O) groups is 1. The topological polar surface area (TPSA) is 96.0 Å². The second-order valence-corrected chi connectivity index (χ2v) is 4.05. The second kappa shape index (κ2) is 7.11. The van der Waals surface area contributed by atoms with Crippen molar-refractivity contribution in [1.82, 2.24) is 5.32 Å². The maximum atomic E-state index is 11.5. The summed E-state index contributed by atoms with van der Waals surface area (Å²) in [5.74, 6) is -0.885. The highest BCUT2D eigenvalue weighted by Gasteiger charge is 2.14. The molecule has 0 aromatic heterocycles. The van der Waals surface area contributed by atoms with E-state index < -0.39 is 10.8 Å². The summed E-state index contributed by atoms with van der Waals surface area (Å²) in [5, 5.41) is 21.9. The minimum atomic E-state index is -0.614. The Labute approximate surface area is 111 Å². The zero-order chi connectivity index (χ0) is 14.3. The summed E-state index contributed by atoms with van der Waals surface area (Å²) >= 11 is 0. The normalized spacial score (nSPS) is 11.4. The standard InChI is InChI=1S/C13H15N3O3/c1-2-11(9-14)13(17)15-8-7-10-3-5-12(6-4-10)16(18)19/h3-6,11H,2,7-8H2,1H3,(H,15,17). The van der Waals surface area contributed by atoms with Gasteiger partial charge in [-0.25, -0.2) is 0 Å². The van der Waals surface area contributed by atoms with E-state index in [0.29, 0.717) is 19.4 Å². The number of nitriles is 1. The number of benzene rings is 1. The minimum Gasteiger partial charge on any atom is -0.355 e. The van der Waals surface area contributed by atoms with Gasteiger partial charge in [-0.2, -0.15) is 5.26 Å². The molecule has 0 bridgehead atoms. The molecule has 100 valence electrons. The molecule has 0 heterocycles. The van der Waals surface area contributed by atoms with Gasteiger partial charge in [0.2, 0.25) is 5.91 Å². The molecular formula is C13H15N3O3. The van der Waals surface area contributed by atoms with Crippen LogP contribution in [0, 0.1) is 27.4 Å². The number of rotatable bonds is 6. The van der Waals surface area contributed by atoms with Crippen LogP contribution in [0.5, 0.6) is 0 Å². The average Bonchev–Trinajstić information content (AvgIpc) is 2.40. The number of nitrogens with one attached hydrogen (secondary N) is 1. The summed E-state index contributed by atoms with van der Waals surface area (Å²) in [6, 6.07) is 8.11. The summed E-state index contributed by atoms with van der Waals surface area (Å²) in [6.07, 6.45) is 1.06. The van der Waals surface area contributed by atoms with E-state index in [-0.39, 0.29) is 11.6 Å². The lowest BCUT2D eigenvalue weighted by atomic mass is 10.1. The lowest BCUT2D eigenvalue weighted by molar-refractivity contribution is -0.384. The minimum absolute atomic E-state index is 0.0447. The molecule has 6 nitrogen and oxygen atoms in total. The Kier molecular flexibility index (Phi) is 5.48. The van der Waals surface area contributed by atoms with Gasteiger partial charge < -0.3 is 5.32 Å². The molecule has 1 unspecified atom stereocenters. The fourth-order valence-electron chi connectivity index (χ4n) is 1.57. The molecular weight excluding hydrogens is 246 g/mol. The van der Waals surface area contributed by atoms with Gasteiger partial charge in [0.1, 0.15) is 5.92 Å². The van der Waals surface area contributed by atoms with Gasteiger partial charge in [-0.15, -0.1) is 0 Å². The smallest absolute Gasteiger partial charge is 0.269 e. The van der Waals surface area contributed by atoms with Crippen LogP contribution in [0.3, 0.4) is 0 Å². The predicted molar refractivity (Wildman–Crippen MR) is 69.2 cm³/mol. The van der Waals surface area contributed by atoms with E-state index >= 15 is 0 Å². The molecule has 1 rings (SSSR count). The number of hydrogen-bond donors (Lipinski definition) is 1. The first-order chi connectivity index (χ1) is 9.08. The molecule has 0 saturated heterocycles. The van der Waals surface area contributed by atoms with Crippen molar-refractivity contribution in [3.63, 3.8) is 0 Å². The third-order valence-corrected chi connectivity index (χ3v) is 2.74. The molecule has 0 aliphatic rings. The van der Waals surface area contributed by atoms with Crippen molar-refractivity contribution in [2.45, 2.75) is 19.8 Å². The van der Waals surface area contributed by atoms with Gasteiger partial charge in [-0.3, -0.25) is 14.9 Å². The molecule has 0 fully saturated rings. The summed E-state index contributed by atoms with van der Waals surface area (Å²) in [5.41, 5.74) is 0.944. The zero-order valence-corrected chi connectivity index (χ0v) is 10.6.